The van der Waals surface area contributed by atoms with Gasteiger partial charge in [0.1, 0.15) is 25.3 Å². The number of benzene rings is 2. The molecule has 7 nitrogen and oxygen atoms in total. The second-order valence-electron chi connectivity index (χ2n) is 8.19. The molecule has 1 N–H and O–H groups in total. The lowest BCUT2D eigenvalue weighted by Gasteiger charge is -2.25. The van der Waals surface area contributed by atoms with Crippen LogP contribution in [-0.2, 0) is 32.3 Å². The molecule has 0 aromatic heterocycles. The van der Waals surface area contributed by atoms with Gasteiger partial charge in [0.25, 0.3) is 0 Å². The van der Waals surface area contributed by atoms with Crippen molar-refractivity contribution in [3.05, 3.63) is 71.8 Å². The Hall–Kier alpha value is -3.35. The number of ether oxygens (including phenoxy) is 2. The molecule has 0 spiro atoms. The van der Waals surface area contributed by atoms with E-state index in [9.17, 15) is 14.4 Å². The number of hydrogen-bond donors (Lipinski definition) is 1. The van der Waals surface area contributed by atoms with Crippen LogP contribution in [0.4, 0.5) is 4.79 Å². The van der Waals surface area contributed by atoms with E-state index >= 15 is 0 Å². The third-order valence-electron chi connectivity index (χ3n) is 5.67. The van der Waals surface area contributed by atoms with Crippen LogP contribution in [0.1, 0.15) is 50.2 Å². The Morgan fingerprint density at radius 1 is 0.970 bits per heavy atom. The molecule has 1 fully saturated rings. The Morgan fingerprint density at radius 2 is 1.58 bits per heavy atom. The molecule has 2 aromatic rings. The number of nitrogens with one attached hydrogen (secondary N) is 1. The zero-order valence-corrected chi connectivity index (χ0v) is 19.1. The van der Waals surface area contributed by atoms with Gasteiger partial charge in [0, 0.05) is 6.54 Å². The number of amides is 2. The van der Waals surface area contributed by atoms with Crippen LogP contribution in [0.2, 0.25) is 0 Å². The lowest BCUT2D eigenvalue weighted by Crippen LogP contribution is -2.51. The fraction of sp³-hybridized carbons (Fsp3) is 0.423. The maximum Gasteiger partial charge on any atom is 0.410 e. The van der Waals surface area contributed by atoms with Crippen LogP contribution in [0.5, 0.6) is 0 Å². The van der Waals surface area contributed by atoms with Gasteiger partial charge in [0.05, 0.1) is 0 Å². The molecule has 176 valence electrons. The topological polar surface area (TPSA) is 84.9 Å². The molecule has 1 saturated heterocycles. The van der Waals surface area contributed by atoms with E-state index in [1.54, 1.807) is 0 Å². The van der Waals surface area contributed by atoms with E-state index in [-0.39, 0.29) is 19.1 Å². The van der Waals surface area contributed by atoms with E-state index in [0.717, 1.165) is 24.0 Å². The Morgan fingerprint density at radius 3 is 2.18 bits per heavy atom. The largest absolute Gasteiger partial charge is 0.459 e. The Labute approximate surface area is 195 Å². The summed E-state index contributed by atoms with van der Waals surface area (Å²) in [5.41, 5.74) is 1.77. The smallest absolute Gasteiger partial charge is 0.410 e. The summed E-state index contributed by atoms with van der Waals surface area (Å²) >= 11 is 0. The number of unbranched alkanes of at least 4 members (excludes halogenated alkanes) is 1. The highest BCUT2D eigenvalue weighted by molar-refractivity contribution is 5.90. The van der Waals surface area contributed by atoms with Crippen molar-refractivity contribution in [2.45, 2.75) is 64.3 Å². The van der Waals surface area contributed by atoms with Gasteiger partial charge >= 0.3 is 12.1 Å². The van der Waals surface area contributed by atoms with Gasteiger partial charge < -0.3 is 14.8 Å². The monoisotopic (exact) mass is 452 g/mol. The highest BCUT2D eigenvalue weighted by Crippen LogP contribution is 2.20. The molecule has 2 atom stereocenters. The standard InChI is InChI=1S/C26H32N2O5/c1-2-3-15-22(25(30)32-18-20-11-6-4-7-12-20)27-24(29)23-16-10-17-28(23)26(31)33-19-21-13-8-5-9-14-21/h4-9,11-14,22-23H,2-3,10,15-19H2,1H3,(H,27,29)/t22-,23+/m1/s1. The molecule has 0 aliphatic carbocycles. The second-order valence-corrected chi connectivity index (χ2v) is 8.19. The zero-order valence-electron chi connectivity index (χ0n) is 19.1. The molecule has 0 radical (unpaired) electrons. The van der Waals surface area contributed by atoms with Crippen LogP contribution in [0.25, 0.3) is 0 Å². The van der Waals surface area contributed by atoms with Crippen LogP contribution >= 0.6 is 0 Å². The van der Waals surface area contributed by atoms with E-state index in [0.29, 0.717) is 25.8 Å². The molecular formula is C26H32N2O5. The molecule has 2 aromatic carbocycles. The molecule has 1 aliphatic heterocycles. The van der Waals surface area contributed by atoms with Crippen LogP contribution in [0.15, 0.2) is 60.7 Å². The van der Waals surface area contributed by atoms with Crippen molar-refractivity contribution in [1.29, 1.82) is 0 Å². The molecule has 7 heteroatoms. The number of likely N-dealkylation sites (tertiary alicyclic amines) is 1. The zero-order chi connectivity index (χ0) is 23.5. The molecule has 0 saturated carbocycles. The Bertz CT molecular complexity index is 903. The highest BCUT2D eigenvalue weighted by Gasteiger charge is 2.37. The number of esters is 1. The summed E-state index contributed by atoms with van der Waals surface area (Å²) in [7, 11) is 0. The third-order valence-corrected chi connectivity index (χ3v) is 5.67. The lowest BCUT2D eigenvalue weighted by molar-refractivity contribution is -0.149. The normalized spacial score (nSPS) is 16.2. The predicted molar refractivity (Wildman–Crippen MR) is 124 cm³/mol. The minimum absolute atomic E-state index is 0.148. The van der Waals surface area contributed by atoms with Gasteiger partial charge in [0.15, 0.2) is 0 Å². The van der Waals surface area contributed by atoms with E-state index in [4.69, 9.17) is 9.47 Å². The van der Waals surface area contributed by atoms with Crippen molar-refractivity contribution in [3.8, 4) is 0 Å². The third kappa shape index (κ3) is 7.34. The summed E-state index contributed by atoms with van der Waals surface area (Å²) in [6.45, 7) is 2.77. The lowest BCUT2D eigenvalue weighted by atomic mass is 10.1. The van der Waals surface area contributed by atoms with Crippen LogP contribution in [0.3, 0.4) is 0 Å². The predicted octanol–water partition coefficient (Wildman–Crippen LogP) is 4.21. The van der Waals surface area contributed by atoms with E-state index in [1.807, 2.05) is 67.6 Å². The first-order chi connectivity index (χ1) is 16.1. The van der Waals surface area contributed by atoms with E-state index < -0.39 is 24.1 Å². The second kappa shape index (κ2) is 12.6. The van der Waals surface area contributed by atoms with Gasteiger partial charge in [-0.15, -0.1) is 0 Å². The first kappa shape index (κ1) is 24.3. The fourth-order valence-electron chi connectivity index (χ4n) is 3.81. The summed E-state index contributed by atoms with van der Waals surface area (Å²) in [6.07, 6.45) is 2.87. The molecule has 2 amide bonds. The summed E-state index contributed by atoms with van der Waals surface area (Å²) < 4.78 is 10.9. The minimum atomic E-state index is -0.746. The quantitative estimate of drug-likeness (QED) is 0.546. The molecule has 1 aliphatic rings. The SMILES string of the molecule is CCCC[C@@H](NC(=O)[C@@H]1CCCN1C(=O)OCc1ccccc1)C(=O)OCc1ccccc1. The van der Waals surface area contributed by atoms with Crippen LogP contribution in [-0.4, -0.2) is 41.5 Å². The molecule has 3 rings (SSSR count). The Balaban J connectivity index is 1.56. The van der Waals surface area contributed by atoms with Crippen molar-refractivity contribution < 1.29 is 23.9 Å². The molecule has 0 unspecified atom stereocenters. The van der Waals surface area contributed by atoms with Gasteiger partial charge in [-0.05, 0) is 30.4 Å². The van der Waals surface area contributed by atoms with Crippen LogP contribution in [0, 0.1) is 0 Å². The average Bonchev–Trinajstić information content (AvgIpc) is 3.35. The number of hydrogen-bond acceptors (Lipinski definition) is 5. The number of nitrogens with zero attached hydrogens (tertiary/aromatic N) is 1. The number of carbonyl (C=O) groups excluding carboxylic acids is 3. The summed E-state index contributed by atoms with van der Waals surface area (Å²) in [4.78, 5) is 39.8. The highest BCUT2D eigenvalue weighted by atomic mass is 16.6. The van der Waals surface area contributed by atoms with Crippen molar-refractivity contribution in [2.75, 3.05) is 6.54 Å². The first-order valence-corrected chi connectivity index (χ1v) is 11.6. The molecule has 1 heterocycles. The van der Waals surface area contributed by atoms with E-state index in [1.165, 1.54) is 4.90 Å². The minimum Gasteiger partial charge on any atom is -0.459 e. The van der Waals surface area contributed by atoms with Gasteiger partial charge in [0.2, 0.25) is 5.91 Å². The van der Waals surface area contributed by atoms with Crippen molar-refractivity contribution in [1.82, 2.24) is 10.2 Å². The number of rotatable bonds is 10. The summed E-state index contributed by atoms with van der Waals surface area (Å²) in [5, 5.41) is 2.83. The summed E-state index contributed by atoms with van der Waals surface area (Å²) in [6, 6.07) is 17.4. The van der Waals surface area contributed by atoms with Crippen molar-refractivity contribution >= 4 is 18.0 Å². The molecule has 0 bridgehead atoms. The van der Waals surface area contributed by atoms with Gasteiger partial charge in [-0.2, -0.15) is 0 Å². The molecular weight excluding hydrogens is 420 g/mol. The van der Waals surface area contributed by atoms with Gasteiger partial charge in [-0.1, -0.05) is 80.4 Å². The van der Waals surface area contributed by atoms with Crippen molar-refractivity contribution in [2.24, 2.45) is 0 Å². The fourth-order valence-corrected chi connectivity index (χ4v) is 3.81. The average molecular weight is 453 g/mol. The van der Waals surface area contributed by atoms with Crippen molar-refractivity contribution in [3.63, 3.8) is 0 Å². The van der Waals surface area contributed by atoms with Gasteiger partial charge in [-0.25, -0.2) is 9.59 Å². The Kier molecular flexibility index (Phi) is 9.30. The molecule has 33 heavy (non-hydrogen) atoms. The number of carbonyl (C=O) groups is 3. The maximum absolute atomic E-state index is 13.0. The maximum atomic E-state index is 13.0. The summed E-state index contributed by atoms with van der Waals surface area (Å²) in [5.74, 6) is -0.807. The first-order valence-electron chi connectivity index (χ1n) is 11.6. The van der Waals surface area contributed by atoms with E-state index in [2.05, 4.69) is 5.32 Å². The van der Waals surface area contributed by atoms with Gasteiger partial charge in [-0.3, -0.25) is 9.69 Å². The van der Waals surface area contributed by atoms with Crippen LogP contribution < -0.4 is 5.32 Å².